The van der Waals surface area contributed by atoms with Gasteiger partial charge in [0, 0.05) is 19.0 Å². The highest BCUT2D eigenvalue weighted by atomic mass is 19.4. The summed E-state index contributed by atoms with van der Waals surface area (Å²) in [5.41, 5.74) is 0. The molecule has 6 heteroatoms. The summed E-state index contributed by atoms with van der Waals surface area (Å²) in [6.45, 7) is 2.13. The van der Waals surface area contributed by atoms with Crippen LogP contribution in [0.3, 0.4) is 0 Å². The molecule has 1 saturated heterocycles. The largest absolute Gasteiger partial charge is 0.401 e. The Balaban J connectivity index is 2.37. The third kappa shape index (κ3) is 6.27. The van der Waals surface area contributed by atoms with Gasteiger partial charge in [0.15, 0.2) is 0 Å². The van der Waals surface area contributed by atoms with Gasteiger partial charge in [0.05, 0.1) is 6.54 Å². The average Bonchev–Trinajstić information content (AvgIpc) is 2.33. The van der Waals surface area contributed by atoms with E-state index in [0.29, 0.717) is 19.4 Å². The quantitative estimate of drug-likeness (QED) is 0.727. The Bertz CT molecular complexity index is 282. The van der Waals surface area contributed by atoms with Gasteiger partial charge in [0.1, 0.15) is 0 Å². The van der Waals surface area contributed by atoms with E-state index in [-0.39, 0.29) is 11.9 Å². The molecule has 1 N–H and O–H groups in total. The zero-order chi connectivity index (χ0) is 14.3. The SMILES string of the molecule is CCCC(CCNCC(F)(F)F)N1CCCCC1=O. The van der Waals surface area contributed by atoms with Crippen molar-refractivity contribution in [2.75, 3.05) is 19.6 Å². The Morgan fingerprint density at radius 3 is 2.63 bits per heavy atom. The molecule has 1 heterocycles. The maximum absolute atomic E-state index is 12.0. The lowest BCUT2D eigenvalue weighted by atomic mass is 10.0. The number of carbonyl (C=O) groups excluding carboxylic acids is 1. The standard InChI is InChI=1S/C13H23F3N2O/c1-2-5-11(7-8-17-10-13(14,15)16)18-9-4-3-6-12(18)19/h11,17H,2-10H2,1H3. The first-order valence-electron chi connectivity index (χ1n) is 7.01. The molecular weight excluding hydrogens is 257 g/mol. The molecule has 1 amide bonds. The summed E-state index contributed by atoms with van der Waals surface area (Å²) < 4.78 is 36.1. The molecule has 0 aromatic carbocycles. The van der Waals surface area contributed by atoms with Gasteiger partial charge in [0.2, 0.25) is 5.91 Å². The van der Waals surface area contributed by atoms with Gasteiger partial charge < -0.3 is 10.2 Å². The zero-order valence-electron chi connectivity index (χ0n) is 11.4. The number of carbonyl (C=O) groups is 1. The highest BCUT2D eigenvalue weighted by molar-refractivity contribution is 5.77. The first-order chi connectivity index (χ1) is 8.94. The van der Waals surface area contributed by atoms with Crippen molar-refractivity contribution in [1.82, 2.24) is 10.2 Å². The zero-order valence-corrected chi connectivity index (χ0v) is 11.4. The first kappa shape index (κ1) is 16.3. The lowest BCUT2D eigenvalue weighted by Gasteiger charge is -2.35. The fourth-order valence-corrected chi connectivity index (χ4v) is 2.50. The maximum Gasteiger partial charge on any atom is 0.401 e. The number of nitrogens with zero attached hydrogens (tertiary/aromatic N) is 1. The van der Waals surface area contributed by atoms with E-state index in [4.69, 9.17) is 0 Å². The lowest BCUT2D eigenvalue weighted by Crippen LogP contribution is -2.44. The van der Waals surface area contributed by atoms with Gasteiger partial charge in [-0.05, 0) is 32.2 Å². The second-order valence-electron chi connectivity index (χ2n) is 5.07. The van der Waals surface area contributed by atoms with Gasteiger partial charge >= 0.3 is 6.18 Å². The van der Waals surface area contributed by atoms with Crippen molar-refractivity contribution in [3.63, 3.8) is 0 Å². The molecule has 1 atom stereocenters. The molecule has 1 unspecified atom stereocenters. The monoisotopic (exact) mass is 280 g/mol. The molecule has 19 heavy (non-hydrogen) atoms. The van der Waals surface area contributed by atoms with Crippen LogP contribution in [0, 0.1) is 0 Å². The van der Waals surface area contributed by atoms with Gasteiger partial charge in [-0.2, -0.15) is 13.2 Å². The van der Waals surface area contributed by atoms with E-state index in [1.807, 2.05) is 11.8 Å². The molecular formula is C13H23F3N2O. The van der Waals surface area contributed by atoms with Crippen LogP contribution in [0.4, 0.5) is 13.2 Å². The molecule has 1 aliphatic rings. The van der Waals surface area contributed by atoms with Gasteiger partial charge in [0.25, 0.3) is 0 Å². The van der Waals surface area contributed by atoms with Crippen molar-refractivity contribution in [3.8, 4) is 0 Å². The van der Waals surface area contributed by atoms with E-state index in [1.54, 1.807) is 0 Å². The molecule has 112 valence electrons. The van der Waals surface area contributed by atoms with Crippen molar-refractivity contribution in [2.45, 2.75) is 57.7 Å². The van der Waals surface area contributed by atoms with Gasteiger partial charge in [-0.3, -0.25) is 4.79 Å². The number of rotatable bonds is 7. The molecule has 0 saturated carbocycles. The summed E-state index contributed by atoms with van der Waals surface area (Å²) in [4.78, 5) is 13.7. The highest BCUT2D eigenvalue weighted by Crippen LogP contribution is 2.19. The van der Waals surface area contributed by atoms with E-state index in [9.17, 15) is 18.0 Å². The summed E-state index contributed by atoms with van der Waals surface area (Å²) >= 11 is 0. The Hall–Kier alpha value is -0.780. The van der Waals surface area contributed by atoms with Crippen LogP contribution in [0.15, 0.2) is 0 Å². The number of alkyl halides is 3. The molecule has 3 nitrogen and oxygen atoms in total. The molecule has 1 rings (SSSR count). The number of piperidine rings is 1. The lowest BCUT2D eigenvalue weighted by molar-refractivity contribution is -0.136. The minimum absolute atomic E-state index is 0.0820. The van der Waals surface area contributed by atoms with Gasteiger partial charge in [-0.15, -0.1) is 0 Å². The Morgan fingerprint density at radius 1 is 1.32 bits per heavy atom. The minimum Gasteiger partial charge on any atom is -0.340 e. The normalized spacial score (nSPS) is 18.7. The summed E-state index contributed by atoms with van der Waals surface area (Å²) in [6.07, 6.45) is 0.739. The maximum atomic E-state index is 12.0. The van der Waals surface area contributed by atoms with E-state index in [1.165, 1.54) is 0 Å². The topological polar surface area (TPSA) is 32.3 Å². The van der Waals surface area contributed by atoms with Crippen LogP contribution in [0.2, 0.25) is 0 Å². The summed E-state index contributed by atoms with van der Waals surface area (Å²) in [5.74, 6) is 0.153. The van der Waals surface area contributed by atoms with Gasteiger partial charge in [-0.25, -0.2) is 0 Å². The van der Waals surface area contributed by atoms with E-state index in [0.717, 1.165) is 32.2 Å². The van der Waals surface area contributed by atoms with Crippen LogP contribution in [0.25, 0.3) is 0 Å². The smallest absolute Gasteiger partial charge is 0.340 e. The Kier molecular flexibility index (Phi) is 6.62. The van der Waals surface area contributed by atoms with Crippen LogP contribution in [0.1, 0.15) is 45.4 Å². The summed E-state index contributed by atoms with van der Waals surface area (Å²) in [6, 6.07) is 0.0820. The van der Waals surface area contributed by atoms with Crippen LogP contribution < -0.4 is 5.32 Å². The number of hydrogen-bond acceptors (Lipinski definition) is 2. The molecule has 0 aromatic heterocycles. The second kappa shape index (κ2) is 7.72. The number of likely N-dealkylation sites (tertiary alicyclic amines) is 1. The Morgan fingerprint density at radius 2 is 2.05 bits per heavy atom. The summed E-state index contributed by atoms with van der Waals surface area (Å²) in [7, 11) is 0. The fraction of sp³-hybridized carbons (Fsp3) is 0.923. The van der Waals surface area contributed by atoms with E-state index in [2.05, 4.69) is 5.32 Å². The third-order valence-electron chi connectivity index (χ3n) is 3.40. The third-order valence-corrected chi connectivity index (χ3v) is 3.40. The van der Waals surface area contributed by atoms with Crippen molar-refractivity contribution in [1.29, 1.82) is 0 Å². The highest BCUT2D eigenvalue weighted by Gasteiger charge is 2.28. The number of hydrogen-bond donors (Lipinski definition) is 1. The molecule has 0 bridgehead atoms. The van der Waals surface area contributed by atoms with Crippen LogP contribution >= 0.6 is 0 Å². The van der Waals surface area contributed by atoms with Crippen LogP contribution in [0.5, 0.6) is 0 Å². The van der Waals surface area contributed by atoms with Crippen molar-refractivity contribution < 1.29 is 18.0 Å². The van der Waals surface area contributed by atoms with E-state index >= 15 is 0 Å². The fourth-order valence-electron chi connectivity index (χ4n) is 2.50. The van der Waals surface area contributed by atoms with Crippen LogP contribution in [-0.4, -0.2) is 42.7 Å². The number of amides is 1. The number of halogens is 3. The van der Waals surface area contributed by atoms with Crippen molar-refractivity contribution in [2.24, 2.45) is 0 Å². The van der Waals surface area contributed by atoms with E-state index < -0.39 is 12.7 Å². The van der Waals surface area contributed by atoms with Crippen molar-refractivity contribution in [3.05, 3.63) is 0 Å². The molecule has 1 aliphatic heterocycles. The summed E-state index contributed by atoms with van der Waals surface area (Å²) in [5, 5.41) is 2.41. The molecule has 0 radical (unpaired) electrons. The average molecular weight is 280 g/mol. The molecule has 0 spiro atoms. The Labute approximate surface area is 112 Å². The van der Waals surface area contributed by atoms with Crippen molar-refractivity contribution >= 4 is 5.91 Å². The first-order valence-corrected chi connectivity index (χ1v) is 7.01. The predicted octanol–water partition coefficient (Wildman–Crippen LogP) is 2.71. The van der Waals surface area contributed by atoms with Gasteiger partial charge in [-0.1, -0.05) is 13.3 Å². The van der Waals surface area contributed by atoms with Crippen LogP contribution in [-0.2, 0) is 4.79 Å². The number of nitrogens with one attached hydrogen (secondary N) is 1. The molecule has 0 aliphatic carbocycles. The second-order valence-corrected chi connectivity index (χ2v) is 5.07. The predicted molar refractivity (Wildman–Crippen MR) is 67.8 cm³/mol. The molecule has 0 aromatic rings. The minimum atomic E-state index is -4.17. The molecule has 1 fully saturated rings.